The van der Waals surface area contributed by atoms with E-state index in [0.29, 0.717) is 12.5 Å². The molecule has 2 rings (SSSR count). The third kappa shape index (κ3) is 5.06. The average molecular weight is 390 g/mol. The number of benzene rings is 1. The van der Waals surface area contributed by atoms with Gasteiger partial charge in [-0.15, -0.1) is 0 Å². The van der Waals surface area contributed by atoms with Gasteiger partial charge in [-0.3, -0.25) is 0 Å². The summed E-state index contributed by atoms with van der Waals surface area (Å²) in [6.45, 7) is 7.65. The van der Waals surface area contributed by atoms with Gasteiger partial charge in [-0.25, -0.2) is 9.98 Å². The maximum Gasteiger partial charge on any atom is 0.228 e. The van der Waals surface area contributed by atoms with Crippen LogP contribution in [0.15, 0.2) is 39.8 Å². The molecule has 24 heavy (non-hydrogen) atoms. The Balaban J connectivity index is 2.02. The standard InChI is InChI=1S/C19H24BrN3O/c1-5-23(4)13-21-18-12-17(20)19(22-15(18)3)24-11-10-16-9-7-6-8-14(16)2/h6-9,12-13H,5,10-11H2,1-4H3. The monoisotopic (exact) mass is 389 g/mol. The minimum absolute atomic E-state index is 0.594. The van der Waals surface area contributed by atoms with Gasteiger partial charge in [0.2, 0.25) is 5.88 Å². The molecule has 1 aromatic heterocycles. The Morgan fingerprint density at radius 3 is 2.75 bits per heavy atom. The number of pyridine rings is 1. The number of nitrogens with zero attached hydrogens (tertiary/aromatic N) is 3. The van der Waals surface area contributed by atoms with Crippen LogP contribution in [0.1, 0.15) is 23.7 Å². The summed E-state index contributed by atoms with van der Waals surface area (Å²) in [6.07, 6.45) is 2.68. The predicted molar refractivity (Wildman–Crippen MR) is 104 cm³/mol. The zero-order chi connectivity index (χ0) is 17.5. The van der Waals surface area contributed by atoms with Gasteiger partial charge in [0.1, 0.15) is 0 Å². The molecule has 0 spiro atoms. The lowest BCUT2D eigenvalue weighted by atomic mass is 10.1. The summed E-state index contributed by atoms with van der Waals surface area (Å²) >= 11 is 3.53. The van der Waals surface area contributed by atoms with Crippen LogP contribution in [-0.4, -0.2) is 36.4 Å². The first kappa shape index (κ1) is 18.5. The number of aromatic nitrogens is 1. The Bertz CT molecular complexity index is 716. The fourth-order valence-electron chi connectivity index (χ4n) is 2.17. The molecule has 128 valence electrons. The van der Waals surface area contributed by atoms with Gasteiger partial charge in [0.15, 0.2) is 0 Å². The SMILES string of the molecule is CCN(C)C=Nc1cc(Br)c(OCCc2ccccc2C)nc1C. The smallest absolute Gasteiger partial charge is 0.228 e. The van der Waals surface area contributed by atoms with Crippen LogP contribution in [0.3, 0.4) is 0 Å². The van der Waals surface area contributed by atoms with Crippen LogP contribution in [-0.2, 0) is 6.42 Å². The number of halogens is 1. The summed E-state index contributed by atoms with van der Waals surface area (Å²) in [6, 6.07) is 10.3. The number of ether oxygens (including phenoxy) is 1. The van der Waals surface area contributed by atoms with E-state index in [0.717, 1.165) is 28.8 Å². The van der Waals surface area contributed by atoms with Gasteiger partial charge in [-0.2, -0.15) is 0 Å². The molecule has 0 unspecified atom stereocenters. The molecular formula is C19H24BrN3O. The topological polar surface area (TPSA) is 37.7 Å². The lowest BCUT2D eigenvalue weighted by molar-refractivity contribution is 0.306. The fourth-order valence-corrected chi connectivity index (χ4v) is 2.59. The van der Waals surface area contributed by atoms with Crippen molar-refractivity contribution in [2.24, 2.45) is 4.99 Å². The van der Waals surface area contributed by atoms with E-state index in [1.54, 1.807) is 0 Å². The van der Waals surface area contributed by atoms with E-state index in [1.165, 1.54) is 11.1 Å². The number of hydrogen-bond acceptors (Lipinski definition) is 3. The van der Waals surface area contributed by atoms with Crippen LogP contribution in [0.2, 0.25) is 0 Å². The average Bonchev–Trinajstić information content (AvgIpc) is 2.57. The van der Waals surface area contributed by atoms with Crippen LogP contribution in [0.25, 0.3) is 0 Å². The normalized spacial score (nSPS) is 11.0. The molecule has 0 fully saturated rings. The van der Waals surface area contributed by atoms with Crippen molar-refractivity contribution >= 4 is 28.0 Å². The maximum atomic E-state index is 5.86. The minimum Gasteiger partial charge on any atom is -0.477 e. The van der Waals surface area contributed by atoms with E-state index in [2.05, 4.69) is 64.0 Å². The molecule has 0 amide bonds. The Morgan fingerprint density at radius 1 is 1.29 bits per heavy atom. The third-order valence-electron chi connectivity index (χ3n) is 3.87. The molecule has 0 radical (unpaired) electrons. The minimum atomic E-state index is 0.594. The van der Waals surface area contributed by atoms with E-state index in [9.17, 15) is 0 Å². The fraction of sp³-hybridized carbons (Fsp3) is 0.368. The molecule has 0 saturated heterocycles. The van der Waals surface area contributed by atoms with Gasteiger partial charge in [0.25, 0.3) is 0 Å². The molecule has 0 aliphatic heterocycles. The third-order valence-corrected chi connectivity index (χ3v) is 4.44. The lowest BCUT2D eigenvalue weighted by Gasteiger charge is -2.12. The van der Waals surface area contributed by atoms with Crippen molar-refractivity contribution < 1.29 is 4.74 Å². The van der Waals surface area contributed by atoms with E-state index < -0.39 is 0 Å². The molecule has 1 aromatic carbocycles. The van der Waals surface area contributed by atoms with Gasteiger partial charge in [0, 0.05) is 20.0 Å². The van der Waals surface area contributed by atoms with Gasteiger partial charge >= 0.3 is 0 Å². The van der Waals surface area contributed by atoms with Crippen LogP contribution in [0.4, 0.5) is 5.69 Å². The van der Waals surface area contributed by atoms with Crippen LogP contribution < -0.4 is 4.74 Å². The zero-order valence-corrected chi connectivity index (χ0v) is 16.3. The number of rotatable bonds is 7. The van der Waals surface area contributed by atoms with Crippen molar-refractivity contribution in [3.8, 4) is 5.88 Å². The second-order valence-corrected chi connectivity index (χ2v) is 6.58. The van der Waals surface area contributed by atoms with E-state index in [-0.39, 0.29) is 0 Å². The first-order valence-corrected chi connectivity index (χ1v) is 8.89. The molecular weight excluding hydrogens is 366 g/mol. The lowest BCUT2D eigenvalue weighted by Crippen LogP contribution is -2.14. The first-order chi connectivity index (χ1) is 11.5. The van der Waals surface area contributed by atoms with E-state index >= 15 is 0 Å². The predicted octanol–water partition coefficient (Wildman–Crippen LogP) is 4.69. The summed E-state index contributed by atoms with van der Waals surface area (Å²) in [4.78, 5) is 11.0. The zero-order valence-electron chi connectivity index (χ0n) is 14.7. The molecule has 4 nitrogen and oxygen atoms in total. The van der Waals surface area contributed by atoms with Crippen molar-refractivity contribution in [1.82, 2.24) is 9.88 Å². The Kier molecular flexibility index (Phi) is 6.79. The van der Waals surface area contributed by atoms with Crippen molar-refractivity contribution in [3.63, 3.8) is 0 Å². The summed E-state index contributed by atoms with van der Waals surface area (Å²) in [5, 5.41) is 0. The summed E-state index contributed by atoms with van der Waals surface area (Å²) in [5.74, 6) is 0.615. The maximum absolute atomic E-state index is 5.86. The second kappa shape index (κ2) is 8.83. The first-order valence-electron chi connectivity index (χ1n) is 8.10. The van der Waals surface area contributed by atoms with Crippen molar-refractivity contribution in [1.29, 1.82) is 0 Å². The molecule has 0 saturated carbocycles. The van der Waals surface area contributed by atoms with Crippen molar-refractivity contribution in [2.75, 3.05) is 20.2 Å². The van der Waals surface area contributed by atoms with Crippen LogP contribution in [0.5, 0.6) is 5.88 Å². The molecule has 0 aliphatic carbocycles. The quantitative estimate of drug-likeness (QED) is 0.508. The van der Waals surface area contributed by atoms with Crippen LogP contribution >= 0.6 is 15.9 Å². The highest BCUT2D eigenvalue weighted by Gasteiger charge is 2.08. The van der Waals surface area contributed by atoms with Crippen molar-refractivity contribution in [3.05, 3.63) is 51.6 Å². The molecule has 0 N–H and O–H groups in total. The molecule has 0 aliphatic rings. The number of hydrogen-bond donors (Lipinski definition) is 0. The molecule has 1 heterocycles. The van der Waals surface area contributed by atoms with Gasteiger partial charge in [-0.05, 0) is 53.9 Å². The number of aryl methyl sites for hydroxylation is 2. The molecule has 0 bridgehead atoms. The summed E-state index contributed by atoms with van der Waals surface area (Å²) in [5.41, 5.74) is 4.28. The van der Waals surface area contributed by atoms with E-state index in [1.807, 2.05) is 31.3 Å². The highest BCUT2D eigenvalue weighted by Crippen LogP contribution is 2.29. The highest BCUT2D eigenvalue weighted by molar-refractivity contribution is 9.10. The molecule has 0 atom stereocenters. The largest absolute Gasteiger partial charge is 0.477 e. The Hall–Kier alpha value is -1.88. The Morgan fingerprint density at radius 2 is 2.04 bits per heavy atom. The second-order valence-electron chi connectivity index (χ2n) is 5.72. The number of aliphatic imine (C=N–C) groups is 1. The van der Waals surface area contributed by atoms with E-state index in [4.69, 9.17) is 4.74 Å². The van der Waals surface area contributed by atoms with Crippen molar-refractivity contribution in [2.45, 2.75) is 27.2 Å². The molecule has 2 aromatic rings. The summed E-state index contributed by atoms with van der Waals surface area (Å²) in [7, 11) is 1.99. The summed E-state index contributed by atoms with van der Waals surface area (Å²) < 4.78 is 6.68. The van der Waals surface area contributed by atoms with Gasteiger partial charge in [-0.1, -0.05) is 24.3 Å². The molecule has 5 heteroatoms. The Labute approximate surface area is 152 Å². The van der Waals surface area contributed by atoms with Crippen LogP contribution in [0, 0.1) is 13.8 Å². The highest BCUT2D eigenvalue weighted by atomic mass is 79.9. The van der Waals surface area contributed by atoms with Gasteiger partial charge < -0.3 is 9.64 Å². The van der Waals surface area contributed by atoms with Gasteiger partial charge in [0.05, 0.1) is 28.8 Å².